The quantitative estimate of drug-likeness (QED) is 0.210. The van der Waals surface area contributed by atoms with Gasteiger partial charge < -0.3 is 10.1 Å². The average molecular weight is 465 g/mol. The fourth-order valence-corrected chi connectivity index (χ4v) is 4.69. The van der Waals surface area contributed by atoms with Gasteiger partial charge in [-0.2, -0.15) is 0 Å². The minimum atomic E-state index is -3.95. The molecule has 1 aromatic rings. The van der Waals surface area contributed by atoms with E-state index in [1.54, 1.807) is 12.1 Å². The summed E-state index contributed by atoms with van der Waals surface area (Å²) in [6.45, 7) is 6.16. The lowest BCUT2D eigenvalue weighted by Gasteiger charge is -2.17. The number of amides is 2. The number of thioether (sulfide) groups is 1. The number of nitrogens with one attached hydrogen (secondary N) is 2. The van der Waals surface area contributed by atoms with Gasteiger partial charge in [-0.1, -0.05) is 36.6 Å². The van der Waals surface area contributed by atoms with Crippen molar-refractivity contribution < 1.29 is 28.0 Å². The lowest BCUT2D eigenvalue weighted by atomic mass is 10.3. The maximum Gasteiger partial charge on any atom is 0.286 e. The molecule has 1 heterocycles. The summed E-state index contributed by atoms with van der Waals surface area (Å²) in [5.74, 6) is -2.49. The van der Waals surface area contributed by atoms with Gasteiger partial charge in [0.15, 0.2) is 15.6 Å². The molecule has 0 aliphatic carbocycles. The van der Waals surface area contributed by atoms with Crippen LogP contribution in [0.4, 0.5) is 0 Å². The predicted octanol–water partition coefficient (Wildman–Crippen LogP) is 2.49. The zero-order valence-corrected chi connectivity index (χ0v) is 18.5. The van der Waals surface area contributed by atoms with Crippen LogP contribution in [0.5, 0.6) is 0 Å². The van der Waals surface area contributed by atoms with Crippen LogP contribution in [0.15, 0.2) is 81.7 Å². The van der Waals surface area contributed by atoms with Crippen LogP contribution in [0.25, 0.3) is 0 Å². The molecule has 31 heavy (non-hydrogen) atoms. The summed E-state index contributed by atoms with van der Waals surface area (Å²) >= 11 is 1.37. The highest BCUT2D eigenvalue weighted by molar-refractivity contribution is 8.03. The standard InChI is InChI=1S/C21H24N2O6S2/c1-3-4-5-7-15(2)30-16-9-11-17(12-10-16)31(27,28)14-18(20(24)23-26)22-21(25)19-8-6-13-29-19/h3-5,7-12,18,26H,2,6,13-14H2,1H3,(H,22,25)(H,23,24)/b4-3-,7-5-. The van der Waals surface area contributed by atoms with Gasteiger partial charge in [-0.25, -0.2) is 13.9 Å². The summed E-state index contributed by atoms with van der Waals surface area (Å²) in [4.78, 5) is 25.6. The summed E-state index contributed by atoms with van der Waals surface area (Å²) in [7, 11) is -3.95. The molecule has 0 radical (unpaired) electrons. The Kier molecular flexibility index (Phi) is 9.10. The number of carbonyl (C=O) groups excluding carboxylic acids is 2. The largest absolute Gasteiger partial charge is 0.488 e. The van der Waals surface area contributed by atoms with Gasteiger partial charge in [0.25, 0.3) is 11.8 Å². The van der Waals surface area contributed by atoms with Crippen LogP contribution in [-0.4, -0.2) is 43.8 Å². The van der Waals surface area contributed by atoms with Crippen LogP contribution in [0.2, 0.25) is 0 Å². The number of hydroxylamine groups is 1. The van der Waals surface area contributed by atoms with Gasteiger partial charge >= 0.3 is 0 Å². The number of benzene rings is 1. The first kappa shape index (κ1) is 24.4. The lowest BCUT2D eigenvalue weighted by molar-refractivity contribution is -0.133. The van der Waals surface area contributed by atoms with E-state index >= 15 is 0 Å². The van der Waals surface area contributed by atoms with Crippen LogP contribution >= 0.6 is 11.8 Å². The fraction of sp³-hybridized carbons (Fsp3) is 0.238. The van der Waals surface area contributed by atoms with Crippen LogP contribution < -0.4 is 10.8 Å². The molecule has 0 fully saturated rings. The molecule has 0 saturated heterocycles. The van der Waals surface area contributed by atoms with E-state index in [2.05, 4.69) is 11.9 Å². The first-order valence-electron chi connectivity index (χ1n) is 9.33. The average Bonchev–Trinajstić information content (AvgIpc) is 3.28. The van der Waals surface area contributed by atoms with E-state index in [1.165, 1.54) is 35.5 Å². The number of hydrogen-bond donors (Lipinski definition) is 3. The minimum absolute atomic E-state index is 0.0122. The summed E-state index contributed by atoms with van der Waals surface area (Å²) in [6.07, 6.45) is 9.52. The second kappa shape index (κ2) is 11.5. The molecule has 1 aliphatic rings. The Labute approximate surface area is 185 Å². The molecule has 1 atom stereocenters. The van der Waals surface area contributed by atoms with E-state index in [4.69, 9.17) is 9.94 Å². The SMILES string of the molecule is C=C(/C=C\C=C/C)Sc1ccc(S(=O)(=O)CC(NC(=O)C2=CCCO2)C(=O)NO)cc1. The van der Waals surface area contributed by atoms with Crippen LogP contribution in [0.1, 0.15) is 13.3 Å². The van der Waals surface area contributed by atoms with E-state index in [-0.39, 0.29) is 10.7 Å². The molecule has 1 unspecified atom stereocenters. The minimum Gasteiger partial charge on any atom is -0.488 e. The normalized spacial score (nSPS) is 14.8. The molecule has 0 aromatic heterocycles. The number of allylic oxidation sites excluding steroid dienone is 4. The molecule has 2 rings (SSSR count). The van der Waals surface area contributed by atoms with Crippen molar-refractivity contribution in [2.75, 3.05) is 12.4 Å². The van der Waals surface area contributed by atoms with Gasteiger partial charge in [-0.3, -0.25) is 14.8 Å². The lowest BCUT2D eigenvalue weighted by Crippen LogP contribution is -2.50. The van der Waals surface area contributed by atoms with Crippen LogP contribution in [-0.2, 0) is 24.2 Å². The summed E-state index contributed by atoms with van der Waals surface area (Å²) in [6, 6.07) is 4.59. The Morgan fingerprint density at radius 2 is 2.00 bits per heavy atom. The molecule has 0 saturated carbocycles. The smallest absolute Gasteiger partial charge is 0.286 e. The second-order valence-corrected chi connectivity index (χ2v) is 9.65. The molecule has 0 spiro atoms. The number of carbonyl (C=O) groups is 2. The molecular formula is C21H24N2O6S2. The zero-order chi connectivity index (χ0) is 22.9. The van der Waals surface area contributed by atoms with Crippen molar-refractivity contribution in [1.82, 2.24) is 10.8 Å². The topological polar surface area (TPSA) is 122 Å². The van der Waals surface area contributed by atoms with Crippen LogP contribution in [0, 0.1) is 0 Å². The molecule has 3 N–H and O–H groups in total. The third kappa shape index (κ3) is 7.42. The molecule has 1 aromatic carbocycles. The Morgan fingerprint density at radius 1 is 1.29 bits per heavy atom. The van der Waals surface area contributed by atoms with Gasteiger partial charge in [0, 0.05) is 16.2 Å². The third-order valence-electron chi connectivity index (χ3n) is 4.06. The van der Waals surface area contributed by atoms with Crippen molar-refractivity contribution in [1.29, 1.82) is 0 Å². The molecule has 166 valence electrons. The van der Waals surface area contributed by atoms with Crippen molar-refractivity contribution in [3.8, 4) is 0 Å². The van der Waals surface area contributed by atoms with Gasteiger partial charge in [-0.05, 0) is 43.3 Å². The Morgan fingerprint density at radius 3 is 2.58 bits per heavy atom. The molecule has 8 nitrogen and oxygen atoms in total. The van der Waals surface area contributed by atoms with Crippen molar-refractivity contribution >= 4 is 33.4 Å². The maximum atomic E-state index is 12.8. The zero-order valence-electron chi connectivity index (χ0n) is 16.9. The van der Waals surface area contributed by atoms with Gasteiger partial charge in [0.05, 0.1) is 17.3 Å². The fourth-order valence-electron chi connectivity index (χ4n) is 2.56. The van der Waals surface area contributed by atoms with Crippen molar-refractivity contribution in [3.05, 3.63) is 71.9 Å². The molecule has 1 aliphatic heterocycles. The van der Waals surface area contributed by atoms with E-state index in [9.17, 15) is 18.0 Å². The molecule has 10 heteroatoms. The van der Waals surface area contributed by atoms with Crippen molar-refractivity contribution in [3.63, 3.8) is 0 Å². The van der Waals surface area contributed by atoms with Crippen LogP contribution in [0.3, 0.4) is 0 Å². The van der Waals surface area contributed by atoms with Crippen molar-refractivity contribution in [2.24, 2.45) is 0 Å². The number of ether oxygens (including phenoxy) is 1. The first-order valence-corrected chi connectivity index (χ1v) is 11.8. The molecular weight excluding hydrogens is 440 g/mol. The highest BCUT2D eigenvalue weighted by Crippen LogP contribution is 2.27. The van der Waals surface area contributed by atoms with E-state index in [0.29, 0.717) is 13.0 Å². The highest BCUT2D eigenvalue weighted by atomic mass is 32.2. The molecule has 0 bridgehead atoms. The number of rotatable bonds is 10. The van der Waals surface area contributed by atoms with Gasteiger partial charge in [0.2, 0.25) is 0 Å². The number of hydrogen-bond acceptors (Lipinski definition) is 7. The Bertz CT molecular complexity index is 1010. The maximum absolute atomic E-state index is 12.8. The summed E-state index contributed by atoms with van der Waals surface area (Å²) in [5.41, 5.74) is 1.38. The molecule has 2 amide bonds. The Hall–Kier alpha value is -2.82. The second-order valence-electron chi connectivity index (χ2n) is 6.41. The highest BCUT2D eigenvalue weighted by Gasteiger charge is 2.30. The monoisotopic (exact) mass is 464 g/mol. The summed E-state index contributed by atoms with van der Waals surface area (Å²) in [5, 5.41) is 11.2. The van der Waals surface area contributed by atoms with E-state index < -0.39 is 33.4 Å². The van der Waals surface area contributed by atoms with E-state index in [0.717, 1.165) is 9.80 Å². The van der Waals surface area contributed by atoms with Gasteiger partial charge in [-0.15, -0.1) is 0 Å². The first-order chi connectivity index (χ1) is 14.8. The Balaban J connectivity index is 2.09. The van der Waals surface area contributed by atoms with Gasteiger partial charge in [0.1, 0.15) is 6.04 Å². The third-order valence-corrected chi connectivity index (χ3v) is 6.73. The van der Waals surface area contributed by atoms with E-state index in [1.807, 2.05) is 31.2 Å². The number of sulfone groups is 1. The predicted molar refractivity (Wildman–Crippen MR) is 118 cm³/mol. The van der Waals surface area contributed by atoms with Crippen molar-refractivity contribution in [2.45, 2.75) is 29.2 Å². The summed E-state index contributed by atoms with van der Waals surface area (Å²) < 4.78 is 30.7.